The number of esters is 1. The second kappa shape index (κ2) is 6.76. The van der Waals surface area contributed by atoms with E-state index in [4.69, 9.17) is 14.0 Å². The average Bonchev–Trinajstić information content (AvgIpc) is 3.11. The van der Waals surface area contributed by atoms with Crippen LogP contribution in [-0.2, 0) is 18.8 Å². The Hall–Kier alpha value is -1.34. The first-order valence-corrected chi connectivity index (χ1v) is 9.30. The molecule has 25 heavy (non-hydrogen) atoms. The minimum atomic E-state index is -0.380. The summed E-state index contributed by atoms with van der Waals surface area (Å²) in [7, 11) is -0.380. The summed E-state index contributed by atoms with van der Waals surface area (Å²) >= 11 is 0. The number of hydrogen-bond donors (Lipinski definition) is 0. The second-order valence-electron chi connectivity index (χ2n) is 8.10. The third kappa shape index (κ3) is 3.63. The third-order valence-corrected chi connectivity index (χ3v) is 5.84. The van der Waals surface area contributed by atoms with Gasteiger partial charge in [-0.2, -0.15) is 5.10 Å². The quantitative estimate of drug-likeness (QED) is 0.618. The highest BCUT2D eigenvalue weighted by atomic mass is 16.7. The van der Waals surface area contributed by atoms with Gasteiger partial charge in [0, 0.05) is 17.9 Å². The van der Waals surface area contributed by atoms with Crippen molar-refractivity contribution >= 4 is 18.6 Å². The Kier molecular flexibility index (Phi) is 4.99. The Morgan fingerprint density at radius 2 is 1.84 bits per heavy atom. The maximum atomic E-state index is 11.9. The summed E-state index contributed by atoms with van der Waals surface area (Å²) in [6.07, 6.45) is 7.45. The van der Waals surface area contributed by atoms with E-state index in [0.29, 0.717) is 12.6 Å². The van der Waals surface area contributed by atoms with Crippen molar-refractivity contribution in [1.82, 2.24) is 9.78 Å². The van der Waals surface area contributed by atoms with Gasteiger partial charge in [-0.25, -0.2) is 0 Å². The van der Waals surface area contributed by atoms with Crippen LogP contribution in [0.1, 0.15) is 66.3 Å². The first-order valence-electron chi connectivity index (χ1n) is 9.30. The number of hydrogen-bond acceptors (Lipinski definition) is 5. The summed E-state index contributed by atoms with van der Waals surface area (Å²) in [6.45, 7) is 10.5. The van der Waals surface area contributed by atoms with Crippen LogP contribution < -0.4 is 5.46 Å². The molecule has 0 bridgehead atoms. The standard InChI is InChI=1S/C18H29BN2O4/c1-6-23-16(22)13-7-9-15(10-8-13)21-12-14(11-20-21)19-24-17(2,3)18(4,5)25-19/h11-13,15H,6-10H2,1-5H3. The van der Waals surface area contributed by atoms with Crippen LogP contribution in [0, 0.1) is 5.92 Å². The van der Waals surface area contributed by atoms with Crippen LogP contribution in [0.2, 0.25) is 0 Å². The van der Waals surface area contributed by atoms with E-state index in [2.05, 4.69) is 5.10 Å². The molecule has 0 spiro atoms. The zero-order chi connectivity index (χ0) is 18.2. The van der Waals surface area contributed by atoms with Gasteiger partial charge >= 0.3 is 13.1 Å². The molecule has 6 nitrogen and oxygen atoms in total. The summed E-state index contributed by atoms with van der Waals surface area (Å²) < 4.78 is 19.3. The number of nitrogens with zero attached hydrogens (tertiary/aromatic N) is 2. The number of carbonyl (C=O) groups is 1. The van der Waals surface area contributed by atoms with Gasteiger partial charge in [-0.15, -0.1) is 0 Å². The Morgan fingerprint density at radius 3 is 2.40 bits per heavy atom. The van der Waals surface area contributed by atoms with Gasteiger partial charge in [0.1, 0.15) is 0 Å². The lowest BCUT2D eigenvalue weighted by Gasteiger charge is -2.32. The summed E-state index contributed by atoms with van der Waals surface area (Å²) in [4.78, 5) is 11.9. The molecule has 3 rings (SSSR count). The number of ether oxygens (including phenoxy) is 1. The molecule has 2 heterocycles. The van der Waals surface area contributed by atoms with Gasteiger partial charge in [-0.1, -0.05) is 0 Å². The summed E-state index contributed by atoms with van der Waals surface area (Å²) in [5.41, 5.74) is 0.251. The molecule has 1 saturated heterocycles. The van der Waals surface area contributed by atoms with Crippen molar-refractivity contribution in [3.05, 3.63) is 12.4 Å². The fraction of sp³-hybridized carbons (Fsp3) is 0.778. The first-order chi connectivity index (χ1) is 11.7. The molecular weight excluding hydrogens is 319 g/mol. The molecule has 1 aromatic heterocycles. The lowest BCUT2D eigenvalue weighted by molar-refractivity contribution is -0.149. The van der Waals surface area contributed by atoms with Crippen molar-refractivity contribution in [2.75, 3.05) is 6.61 Å². The molecule has 0 radical (unpaired) electrons. The van der Waals surface area contributed by atoms with E-state index < -0.39 is 0 Å². The minimum absolute atomic E-state index is 0.0364. The summed E-state index contributed by atoms with van der Waals surface area (Å²) in [5.74, 6) is -0.0198. The molecule has 1 saturated carbocycles. The highest BCUT2D eigenvalue weighted by Crippen LogP contribution is 2.37. The maximum Gasteiger partial charge on any atom is 0.498 e. The van der Waals surface area contributed by atoms with Crippen LogP contribution in [0.4, 0.5) is 0 Å². The average molecular weight is 348 g/mol. The van der Waals surface area contributed by atoms with Crippen molar-refractivity contribution in [2.45, 2.75) is 77.5 Å². The van der Waals surface area contributed by atoms with Crippen molar-refractivity contribution in [1.29, 1.82) is 0 Å². The molecule has 0 aromatic carbocycles. The van der Waals surface area contributed by atoms with Gasteiger partial charge in [0.05, 0.1) is 29.8 Å². The van der Waals surface area contributed by atoms with Gasteiger partial charge in [-0.05, 0) is 60.3 Å². The summed E-state index contributed by atoms with van der Waals surface area (Å²) in [6, 6.07) is 0.321. The Labute approximate surface area is 150 Å². The normalized spacial score (nSPS) is 28.1. The van der Waals surface area contributed by atoms with Gasteiger partial charge < -0.3 is 14.0 Å². The van der Waals surface area contributed by atoms with E-state index in [1.165, 1.54) is 0 Å². The fourth-order valence-corrected chi connectivity index (χ4v) is 3.49. The minimum Gasteiger partial charge on any atom is -0.466 e. The smallest absolute Gasteiger partial charge is 0.466 e. The molecule has 0 unspecified atom stereocenters. The molecule has 0 N–H and O–H groups in total. The van der Waals surface area contributed by atoms with Crippen LogP contribution in [0.25, 0.3) is 0 Å². The van der Waals surface area contributed by atoms with Crippen molar-refractivity contribution in [2.24, 2.45) is 5.92 Å². The Morgan fingerprint density at radius 1 is 1.24 bits per heavy atom. The Bertz CT molecular complexity index is 604. The molecule has 138 valence electrons. The van der Waals surface area contributed by atoms with Crippen LogP contribution >= 0.6 is 0 Å². The van der Waals surface area contributed by atoms with Gasteiger partial charge in [-0.3, -0.25) is 9.48 Å². The number of carbonyl (C=O) groups excluding carboxylic acids is 1. The molecule has 2 fully saturated rings. The molecular formula is C18H29BN2O4. The van der Waals surface area contributed by atoms with Crippen LogP contribution in [0.5, 0.6) is 0 Å². The van der Waals surface area contributed by atoms with E-state index in [1.807, 2.05) is 51.7 Å². The van der Waals surface area contributed by atoms with E-state index in [-0.39, 0.29) is 30.2 Å². The fourth-order valence-electron chi connectivity index (χ4n) is 3.49. The predicted octanol–water partition coefficient (Wildman–Crippen LogP) is 2.48. The lowest BCUT2D eigenvalue weighted by atomic mass is 9.81. The number of aromatic nitrogens is 2. The largest absolute Gasteiger partial charge is 0.498 e. The van der Waals surface area contributed by atoms with Crippen LogP contribution in [-0.4, -0.2) is 40.7 Å². The highest BCUT2D eigenvalue weighted by Gasteiger charge is 2.52. The van der Waals surface area contributed by atoms with Gasteiger partial charge in [0.25, 0.3) is 0 Å². The van der Waals surface area contributed by atoms with Crippen molar-refractivity contribution in [3.8, 4) is 0 Å². The van der Waals surface area contributed by atoms with Crippen molar-refractivity contribution < 1.29 is 18.8 Å². The number of rotatable bonds is 4. The van der Waals surface area contributed by atoms with Gasteiger partial charge in [0.15, 0.2) is 0 Å². The zero-order valence-electron chi connectivity index (χ0n) is 15.9. The molecule has 0 atom stereocenters. The summed E-state index contributed by atoms with van der Waals surface area (Å²) in [5, 5.41) is 4.53. The molecule has 1 aliphatic heterocycles. The first kappa shape index (κ1) is 18.5. The van der Waals surface area contributed by atoms with E-state index >= 15 is 0 Å². The lowest BCUT2D eigenvalue weighted by Crippen LogP contribution is -2.41. The highest BCUT2D eigenvalue weighted by molar-refractivity contribution is 6.62. The molecule has 7 heteroatoms. The molecule has 1 aliphatic carbocycles. The SMILES string of the molecule is CCOC(=O)C1CCC(n2cc(B3OC(C)(C)C(C)(C)O3)cn2)CC1. The zero-order valence-corrected chi connectivity index (χ0v) is 15.9. The molecule has 0 amide bonds. The third-order valence-electron chi connectivity index (χ3n) is 5.84. The topological polar surface area (TPSA) is 62.6 Å². The molecule has 2 aliphatic rings. The Balaban J connectivity index is 1.61. The van der Waals surface area contributed by atoms with Crippen LogP contribution in [0.15, 0.2) is 12.4 Å². The van der Waals surface area contributed by atoms with Crippen molar-refractivity contribution in [3.63, 3.8) is 0 Å². The van der Waals surface area contributed by atoms with Gasteiger partial charge in [0.2, 0.25) is 0 Å². The molecule has 1 aromatic rings. The van der Waals surface area contributed by atoms with Crippen LogP contribution in [0.3, 0.4) is 0 Å². The van der Waals surface area contributed by atoms with E-state index in [9.17, 15) is 4.79 Å². The van der Waals surface area contributed by atoms with E-state index in [0.717, 1.165) is 31.1 Å². The van der Waals surface area contributed by atoms with E-state index in [1.54, 1.807) is 0 Å². The predicted molar refractivity (Wildman–Crippen MR) is 95.6 cm³/mol. The second-order valence-corrected chi connectivity index (χ2v) is 8.10. The maximum absolute atomic E-state index is 11.9. The monoisotopic (exact) mass is 348 g/mol.